The smallest absolute Gasteiger partial charge is 0.301 e. The minimum Gasteiger partial charge on any atom is -0.427 e. The van der Waals surface area contributed by atoms with Crippen molar-refractivity contribution in [2.75, 3.05) is 0 Å². The molecule has 134 valence electrons. The third-order valence-corrected chi connectivity index (χ3v) is 5.05. The van der Waals surface area contributed by atoms with Crippen molar-refractivity contribution in [2.45, 2.75) is 0 Å². The van der Waals surface area contributed by atoms with Crippen molar-refractivity contribution >= 4 is 27.4 Å². The Hall–Kier alpha value is -3.14. The van der Waals surface area contributed by atoms with Crippen molar-refractivity contribution < 1.29 is 0 Å². The maximum absolute atomic E-state index is 3.45. The van der Waals surface area contributed by atoms with E-state index in [4.69, 9.17) is 0 Å². The molecule has 0 amide bonds. The summed E-state index contributed by atoms with van der Waals surface area (Å²) in [6.45, 7) is 0.614. The first-order valence-electron chi connectivity index (χ1n) is 9.71. The van der Waals surface area contributed by atoms with Gasteiger partial charge in [-0.3, -0.25) is 0 Å². The highest BCUT2D eigenvalue weighted by atomic mass is 14.8. The Morgan fingerprint density at radius 1 is 0.429 bits per heavy atom. The first-order valence-corrected chi connectivity index (χ1v) is 9.71. The predicted octanol–water partition coefficient (Wildman–Crippen LogP) is 1.81. The van der Waals surface area contributed by atoms with Crippen molar-refractivity contribution in [3.05, 3.63) is 120 Å². The van der Waals surface area contributed by atoms with E-state index in [2.05, 4.69) is 81.3 Å². The molecule has 0 saturated carbocycles. The van der Waals surface area contributed by atoms with Crippen LogP contribution in [-0.2, 0) is 0 Å². The highest BCUT2D eigenvalue weighted by Crippen LogP contribution is 2.15. The molecule has 0 aromatic heterocycles. The Kier molecular flexibility index (Phi) is 5.98. The molecule has 4 aliphatic rings. The minimum atomic E-state index is 0.153. The molecule has 0 radical (unpaired) electrons. The Bertz CT molecular complexity index is 741. The average Bonchev–Trinajstić information content (AvgIpc) is 2.79. The van der Waals surface area contributed by atoms with Crippen LogP contribution in [0, 0.1) is 0 Å². The zero-order valence-electron chi connectivity index (χ0n) is 15.7. The molecule has 4 aliphatic heterocycles. The molecule has 0 bridgehead atoms. The molecule has 0 atom stereocenters. The van der Waals surface area contributed by atoms with Crippen LogP contribution >= 0.6 is 0 Å². The van der Waals surface area contributed by atoms with E-state index in [0.717, 1.165) is 0 Å². The van der Waals surface area contributed by atoms with Crippen LogP contribution in [-0.4, -0.2) is 27.4 Å². The molecule has 4 nitrogen and oxygen atoms in total. The quantitative estimate of drug-likeness (QED) is 0.446. The lowest BCUT2D eigenvalue weighted by molar-refractivity contribution is 1.28. The van der Waals surface area contributed by atoms with Crippen molar-refractivity contribution in [1.29, 1.82) is 0 Å². The van der Waals surface area contributed by atoms with Gasteiger partial charge in [-0.05, 0) is 49.1 Å². The molecule has 0 aliphatic carbocycles. The van der Waals surface area contributed by atoms with Gasteiger partial charge in [0.15, 0.2) is 0 Å². The fourth-order valence-corrected chi connectivity index (χ4v) is 3.61. The van der Waals surface area contributed by atoms with E-state index in [1.54, 1.807) is 0 Å². The third-order valence-electron chi connectivity index (χ3n) is 5.05. The summed E-state index contributed by atoms with van der Waals surface area (Å²) in [4.78, 5) is 0. The molecule has 0 unspecified atom stereocenters. The second kappa shape index (κ2) is 9.18. The average molecular weight is 362 g/mol. The molecule has 0 saturated heterocycles. The SMILES string of the molecule is C1=CNB(C(=CC=C(B2C=CC=CN2)B2C=CC=CN2)B2C=CC=CN2)C=C1. The van der Waals surface area contributed by atoms with Crippen LogP contribution in [0.1, 0.15) is 0 Å². The maximum atomic E-state index is 3.45. The highest BCUT2D eigenvalue weighted by molar-refractivity contribution is 6.93. The fraction of sp³-hybridized carbons (Fsp3) is 0. The number of nitrogens with one attached hydrogen (secondary N) is 4. The minimum absolute atomic E-state index is 0.153. The van der Waals surface area contributed by atoms with Crippen LogP contribution in [0.2, 0.25) is 0 Å². The molecule has 0 fully saturated rings. The van der Waals surface area contributed by atoms with E-state index in [-0.39, 0.29) is 27.4 Å². The molecule has 4 heterocycles. The first-order chi connectivity index (χ1) is 13.9. The molecule has 4 rings (SSSR count). The summed E-state index contributed by atoms with van der Waals surface area (Å²) in [5, 5.41) is 16.4. The number of allylic oxidation sites excluding steroid dienone is 10. The van der Waals surface area contributed by atoms with Gasteiger partial charge in [-0.2, -0.15) is 0 Å². The van der Waals surface area contributed by atoms with Gasteiger partial charge in [0.2, 0.25) is 0 Å². The van der Waals surface area contributed by atoms with Crippen LogP contribution in [0.5, 0.6) is 0 Å². The van der Waals surface area contributed by atoms with Crippen LogP contribution in [0.15, 0.2) is 120 Å². The number of hydrogen-bond acceptors (Lipinski definition) is 4. The largest absolute Gasteiger partial charge is 0.427 e. The molecular formula is C20H22B4N4. The van der Waals surface area contributed by atoms with E-state index in [0.29, 0.717) is 0 Å². The van der Waals surface area contributed by atoms with Crippen molar-refractivity contribution in [1.82, 2.24) is 20.9 Å². The molecule has 28 heavy (non-hydrogen) atoms. The summed E-state index contributed by atoms with van der Waals surface area (Å²) in [5.41, 5.74) is 0. The van der Waals surface area contributed by atoms with Gasteiger partial charge in [0.1, 0.15) is 0 Å². The normalized spacial score (nSPS) is 18.4. The van der Waals surface area contributed by atoms with Crippen molar-refractivity contribution in [2.24, 2.45) is 0 Å². The number of hydrogen-bond donors (Lipinski definition) is 4. The van der Waals surface area contributed by atoms with E-state index < -0.39 is 0 Å². The Labute approximate surface area is 168 Å². The Balaban J connectivity index is 1.67. The van der Waals surface area contributed by atoms with Crippen LogP contribution < -0.4 is 20.9 Å². The second-order valence-corrected chi connectivity index (χ2v) is 6.89. The summed E-state index contributed by atoms with van der Waals surface area (Å²) in [5.74, 6) is 8.76. The monoisotopic (exact) mass is 362 g/mol. The molecule has 0 spiro atoms. The maximum Gasteiger partial charge on any atom is 0.301 e. The molecule has 4 N–H and O–H groups in total. The molecule has 8 heteroatoms. The number of rotatable bonds is 5. The topological polar surface area (TPSA) is 48.1 Å². The van der Waals surface area contributed by atoms with E-state index in [1.807, 2.05) is 49.1 Å². The van der Waals surface area contributed by atoms with Gasteiger partial charge in [0.05, 0.1) is 0 Å². The zero-order chi connectivity index (χ0) is 19.0. The summed E-state index contributed by atoms with van der Waals surface area (Å²) in [7, 11) is 0. The van der Waals surface area contributed by atoms with Gasteiger partial charge >= 0.3 is 27.4 Å². The third kappa shape index (κ3) is 4.39. The zero-order valence-corrected chi connectivity index (χ0v) is 15.7. The predicted molar refractivity (Wildman–Crippen MR) is 125 cm³/mol. The highest BCUT2D eigenvalue weighted by Gasteiger charge is 2.29. The second-order valence-electron chi connectivity index (χ2n) is 6.89. The van der Waals surface area contributed by atoms with Crippen molar-refractivity contribution in [3.63, 3.8) is 0 Å². The van der Waals surface area contributed by atoms with E-state index in [9.17, 15) is 0 Å². The van der Waals surface area contributed by atoms with E-state index >= 15 is 0 Å². The van der Waals surface area contributed by atoms with Crippen LogP contribution in [0.3, 0.4) is 0 Å². The van der Waals surface area contributed by atoms with E-state index in [1.165, 1.54) is 10.7 Å². The van der Waals surface area contributed by atoms with Gasteiger partial charge in [-0.15, -0.1) is 0 Å². The van der Waals surface area contributed by atoms with Gasteiger partial charge in [-0.25, -0.2) is 0 Å². The summed E-state index contributed by atoms with van der Waals surface area (Å²) >= 11 is 0. The van der Waals surface area contributed by atoms with Gasteiger partial charge in [0, 0.05) is 0 Å². The van der Waals surface area contributed by atoms with Gasteiger partial charge in [0.25, 0.3) is 0 Å². The summed E-state index contributed by atoms with van der Waals surface area (Å²) in [6, 6.07) is 0. The van der Waals surface area contributed by atoms with Gasteiger partial charge in [-0.1, -0.05) is 71.1 Å². The fourth-order valence-electron chi connectivity index (χ4n) is 3.61. The first kappa shape index (κ1) is 18.2. The van der Waals surface area contributed by atoms with Crippen LogP contribution in [0.4, 0.5) is 0 Å². The van der Waals surface area contributed by atoms with Gasteiger partial charge < -0.3 is 20.9 Å². The summed E-state index contributed by atoms with van der Waals surface area (Å²) in [6.07, 6.45) is 28.9. The van der Waals surface area contributed by atoms with Crippen LogP contribution in [0.25, 0.3) is 0 Å². The lowest BCUT2D eigenvalue weighted by atomic mass is 9.33. The molecule has 0 aromatic carbocycles. The van der Waals surface area contributed by atoms with Crippen molar-refractivity contribution in [3.8, 4) is 0 Å². The lowest BCUT2D eigenvalue weighted by Crippen LogP contribution is -2.45. The lowest BCUT2D eigenvalue weighted by Gasteiger charge is -2.23. The molecular weight excluding hydrogens is 339 g/mol. The Morgan fingerprint density at radius 3 is 0.929 bits per heavy atom. The molecule has 0 aromatic rings. The Morgan fingerprint density at radius 2 is 0.714 bits per heavy atom. The summed E-state index contributed by atoms with van der Waals surface area (Å²) < 4.78 is 0. The standard InChI is InChI=1S/C20H22B4N4/c1-5-15-25-21(11-1)19(22-12-2-6-16-26-22)9-10-20(23-13-3-7-17-27-23)24-14-4-8-18-28-24/h1-18,25-28H.